The van der Waals surface area contributed by atoms with Crippen LogP contribution in [-0.4, -0.2) is 34.5 Å². The van der Waals surface area contributed by atoms with Crippen molar-refractivity contribution in [3.63, 3.8) is 0 Å². The molecule has 3 N–H and O–H groups in total. The number of aliphatic hydroxyl groups is 2. The predicted molar refractivity (Wildman–Crippen MR) is 189 cm³/mol. The zero-order valence-corrected chi connectivity index (χ0v) is 28.4. The molecule has 7 nitrogen and oxygen atoms in total. The summed E-state index contributed by atoms with van der Waals surface area (Å²) in [4.78, 5) is 10.3. The Balaban J connectivity index is 0.000000415. The number of unbranched alkanes of at least 4 members (excludes halogenated alkanes) is 11. The molecule has 3 aromatic rings. The average molecular weight is 655 g/mol. The van der Waals surface area contributed by atoms with Gasteiger partial charge in [-0.3, -0.25) is 4.79 Å². The lowest BCUT2D eigenvalue weighted by atomic mass is 10.1. The van der Waals surface area contributed by atoms with E-state index in [0.717, 1.165) is 12.8 Å². The van der Waals surface area contributed by atoms with Gasteiger partial charge in [-0.05, 0) is 68.5 Å². The summed E-state index contributed by atoms with van der Waals surface area (Å²) in [5.41, 5.74) is 0. The summed E-state index contributed by atoms with van der Waals surface area (Å²) >= 11 is 0. The van der Waals surface area contributed by atoms with Crippen LogP contribution >= 0.6 is 8.60 Å². The molecule has 0 spiro atoms. The van der Waals surface area contributed by atoms with Gasteiger partial charge < -0.3 is 28.9 Å². The summed E-state index contributed by atoms with van der Waals surface area (Å²) in [7, 11) is -1.59. The first-order chi connectivity index (χ1) is 22.6. The summed E-state index contributed by atoms with van der Waals surface area (Å²) in [6, 6.07) is 28.5. The molecule has 3 aromatic carbocycles. The van der Waals surface area contributed by atoms with Gasteiger partial charge in [0.2, 0.25) is 0 Å². The number of hydrogen-bond donors (Lipinski definition) is 3. The molecule has 0 aliphatic heterocycles. The Morgan fingerprint density at radius 3 is 1.26 bits per heavy atom. The van der Waals surface area contributed by atoms with Crippen molar-refractivity contribution in [1.29, 1.82) is 0 Å². The van der Waals surface area contributed by atoms with Crippen molar-refractivity contribution < 1.29 is 33.7 Å². The van der Waals surface area contributed by atoms with Gasteiger partial charge in [-0.1, -0.05) is 125 Å². The van der Waals surface area contributed by atoms with Crippen molar-refractivity contribution in [2.24, 2.45) is 0 Å². The van der Waals surface area contributed by atoms with E-state index < -0.39 is 14.6 Å². The SMILES string of the molecule is CCCCCCCC/C=C\CCCCCCCC(=O)O.OCCO.c1ccc(OP(Oc2ccccc2)Oc2ccccc2)cc1. The van der Waals surface area contributed by atoms with E-state index in [4.69, 9.17) is 28.9 Å². The summed E-state index contributed by atoms with van der Waals surface area (Å²) in [6.07, 6.45) is 21.2. The Labute approximate surface area is 278 Å². The molecular weight excluding hydrogens is 599 g/mol. The first-order valence-electron chi connectivity index (χ1n) is 16.7. The highest BCUT2D eigenvalue weighted by Crippen LogP contribution is 2.41. The molecule has 0 bridgehead atoms. The number of carbonyl (C=O) groups is 1. The fraction of sp³-hybridized carbons (Fsp3) is 0.447. The van der Waals surface area contributed by atoms with E-state index in [0.29, 0.717) is 23.7 Å². The van der Waals surface area contributed by atoms with Crippen LogP contribution in [0, 0.1) is 0 Å². The van der Waals surface area contributed by atoms with Gasteiger partial charge in [-0.15, -0.1) is 0 Å². The van der Waals surface area contributed by atoms with Crippen molar-refractivity contribution in [1.82, 2.24) is 0 Å². The first-order valence-corrected chi connectivity index (χ1v) is 17.8. The molecule has 0 aliphatic carbocycles. The molecule has 3 rings (SSSR count). The van der Waals surface area contributed by atoms with Crippen LogP contribution in [0.1, 0.15) is 96.8 Å². The second-order valence-electron chi connectivity index (χ2n) is 10.6. The monoisotopic (exact) mass is 654 g/mol. The highest BCUT2D eigenvalue weighted by Gasteiger charge is 2.19. The van der Waals surface area contributed by atoms with E-state index in [-0.39, 0.29) is 13.2 Å². The fourth-order valence-electron chi connectivity index (χ4n) is 4.11. The van der Waals surface area contributed by atoms with Gasteiger partial charge >= 0.3 is 14.6 Å². The highest BCUT2D eigenvalue weighted by atomic mass is 31.2. The maximum absolute atomic E-state index is 10.3. The minimum Gasteiger partial charge on any atom is -0.481 e. The van der Waals surface area contributed by atoms with Gasteiger partial charge in [0, 0.05) is 6.42 Å². The molecular formula is C38H55O7P. The van der Waals surface area contributed by atoms with Crippen molar-refractivity contribution >= 4 is 14.6 Å². The molecule has 0 heterocycles. The molecule has 8 heteroatoms. The molecule has 0 saturated heterocycles. The molecule has 254 valence electrons. The second kappa shape index (κ2) is 30.3. The number of carboxylic acids is 1. The predicted octanol–water partition coefficient (Wildman–Crippen LogP) is 10.5. The van der Waals surface area contributed by atoms with Gasteiger partial charge in [0.25, 0.3) is 0 Å². The van der Waals surface area contributed by atoms with E-state index >= 15 is 0 Å². The zero-order valence-electron chi connectivity index (χ0n) is 27.6. The van der Waals surface area contributed by atoms with Crippen molar-refractivity contribution in [2.45, 2.75) is 96.8 Å². The Morgan fingerprint density at radius 1 is 0.565 bits per heavy atom. The molecule has 46 heavy (non-hydrogen) atoms. The summed E-state index contributed by atoms with van der Waals surface area (Å²) < 4.78 is 17.5. The smallest absolute Gasteiger partial charge is 0.481 e. The Hall–Kier alpha value is -3.38. The van der Waals surface area contributed by atoms with E-state index in [2.05, 4.69) is 19.1 Å². The van der Waals surface area contributed by atoms with Gasteiger partial charge in [0.15, 0.2) is 0 Å². The number of carboxylic acid groups (broad SMARTS) is 1. The number of rotatable bonds is 22. The Bertz CT molecular complexity index is 997. The van der Waals surface area contributed by atoms with Crippen molar-refractivity contribution in [2.75, 3.05) is 13.2 Å². The molecule has 0 fully saturated rings. The largest absolute Gasteiger partial charge is 0.530 e. The van der Waals surface area contributed by atoms with E-state index in [1.807, 2.05) is 91.0 Å². The molecule has 0 saturated carbocycles. The second-order valence-corrected chi connectivity index (χ2v) is 11.6. The first kappa shape index (κ1) is 40.6. The molecule has 0 amide bonds. The maximum Gasteiger partial charge on any atom is 0.530 e. The Morgan fingerprint density at radius 2 is 0.913 bits per heavy atom. The summed E-state index contributed by atoms with van der Waals surface area (Å²) in [5.74, 6) is 1.46. The topological polar surface area (TPSA) is 105 Å². The number of aliphatic carboxylic acids is 1. The third kappa shape index (κ3) is 24.9. The lowest BCUT2D eigenvalue weighted by Gasteiger charge is -2.17. The number of hydrogen-bond acceptors (Lipinski definition) is 6. The van der Waals surface area contributed by atoms with Crippen LogP contribution in [0.5, 0.6) is 17.2 Å². The van der Waals surface area contributed by atoms with Gasteiger partial charge in [-0.2, -0.15) is 0 Å². The number of para-hydroxylation sites is 3. The van der Waals surface area contributed by atoms with Crippen molar-refractivity contribution in [3.05, 3.63) is 103 Å². The molecule has 0 radical (unpaired) electrons. The average Bonchev–Trinajstić information content (AvgIpc) is 3.08. The van der Waals surface area contributed by atoms with Crippen LogP contribution in [0.25, 0.3) is 0 Å². The molecule has 0 unspecified atom stereocenters. The normalized spacial score (nSPS) is 10.4. The highest BCUT2D eigenvalue weighted by molar-refractivity contribution is 7.43. The zero-order chi connectivity index (χ0) is 33.3. The van der Waals surface area contributed by atoms with Crippen LogP contribution in [0.15, 0.2) is 103 Å². The maximum atomic E-state index is 10.3. The lowest BCUT2D eigenvalue weighted by molar-refractivity contribution is -0.137. The third-order valence-corrected chi connectivity index (χ3v) is 7.60. The van der Waals surface area contributed by atoms with Crippen LogP contribution in [-0.2, 0) is 4.79 Å². The van der Waals surface area contributed by atoms with Gasteiger partial charge in [-0.25, -0.2) is 0 Å². The van der Waals surface area contributed by atoms with Gasteiger partial charge in [0.05, 0.1) is 13.2 Å². The molecule has 0 aliphatic rings. The van der Waals surface area contributed by atoms with Crippen LogP contribution in [0.3, 0.4) is 0 Å². The fourth-order valence-corrected chi connectivity index (χ4v) is 5.10. The number of aliphatic hydroxyl groups excluding tert-OH is 2. The van der Waals surface area contributed by atoms with Crippen molar-refractivity contribution in [3.8, 4) is 17.2 Å². The van der Waals surface area contributed by atoms with Gasteiger partial charge in [0.1, 0.15) is 17.2 Å². The van der Waals surface area contributed by atoms with E-state index in [1.165, 1.54) is 70.6 Å². The number of allylic oxidation sites excluding steroid dienone is 2. The summed E-state index contributed by atoms with van der Waals surface area (Å²) in [5, 5.41) is 23.8. The van der Waals surface area contributed by atoms with E-state index in [9.17, 15) is 4.79 Å². The molecule has 0 atom stereocenters. The van der Waals surface area contributed by atoms with E-state index in [1.54, 1.807) is 0 Å². The third-order valence-electron chi connectivity index (χ3n) is 6.52. The number of benzene rings is 3. The summed E-state index contributed by atoms with van der Waals surface area (Å²) in [6.45, 7) is 2.01. The van der Waals surface area contributed by atoms with Crippen LogP contribution in [0.4, 0.5) is 0 Å². The minimum atomic E-state index is -1.59. The quantitative estimate of drug-likeness (QED) is 0.0562. The van der Waals surface area contributed by atoms with Crippen LogP contribution < -0.4 is 13.6 Å². The van der Waals surface area contributed by atoms with Crippen LogP contribution in [0.2, 0.25) is 0 Å². The Kier molecular flexibility index (Phi) is 26.8. The molecule has 0 aromatic heterocycles. The minimum absolute atomic E-state index is 0.125. The standard InChI is InChI=1S/C18H15O3P.C18H34O2.C2H6O2/c1-4-10-16(11-5-1)19-22(20-17-12-6-2-7-13-17)21-18-14-8-3-9-15-18;1-2-3-4-5-6-7-8-9-10-11-12-13-14-15-16-17-18(19)20;3-1-2-4/h1-15H;9-10H,2-8,11-17H2,1H3,(H,19,20);3-4H,1-2H2/b;10-9-;. The lowest BCUT2D eigenvalue weighted by Crippen LogP contribution is -2.02.